The minimum absolute atomic E-state index is 0.0397. The minimum Gasteiger partial charge on any atom is -0.496 e. The largest absolute Gasteiger partial charge is 0.496 e. The number of hydrogen-bond acceptors (Lipinski definition) is 4. The molecule has 116 valence electrons. The highest BCUT2D eigenvalue weighted by Crippen LogP contribution is 2.22. The topological polar surface area (TPSA) is 61.8 Å². The molecule has 21 heavy (non-hydrogen) atoms. The van der Waals surface area contributed by atoms with Gasteiger partial charge in [-0.1, -0.05) is 25.1 Å². The number of carbonyl (C=O) groups is 1. The monoisotopic (exact) mass is 292 g/mol. The van der Waals surface area contributed by atoms with Crippen molar-refractivity contribution in [1.29, 1.82) is 0 Å². The van der Waals surface area contributed by atoms with Crippen molar-refractivity contribution in [3.8, 4) is 5.75 Å². The first-order valence-corrected chi connectivity index (χ1v) is 7.42. The second-order valence-electron chi connectivity index (χ2n) is 5.49. The Labute approximate surface area is 125 Å². The fourth-order valence-corrected chi connectivity index (χ4v) is 2.79. The maximum absolute atomic E-state index is 12.7. The Morgan fingerprint density at radius 1 is 1.48 bits per heavy atom. The van der Waals surface area contributed by atoms with Crippen LogP contribution in [0.2, 0.25) is 0 Å². The van der Waals surface area contributed by atoms with Gasteiger partial charge in [0.1, 0.15) is 5.75 Å². The van der Waals surface area contributed by atoms with Gasteiger partial charge in [0.15, 0.2) is 0 Å². The summed E-state index contributed by atoms with van der Waals surface area (Å²) in [7, 11) is 1.62. The lowest BCUT2D eigenvalue weighted by molar-refractivity contribution is -0.135. The summed E-state index contributed by atoms with van der Waals surface area (Å²) in [4.78, 5) is 14.4. The van der Waals surface area contributed by atoms with Crippen LogP contribution in [0.25, 0.3) is 0 Å². The van der Waals surface area contributed by atoms with Crippen molar-refractivity contribution in [3.63, 3.8) is 0 Å². The standard InChI is InChI=1S/C16H24N2O3/c1-12-7-8-17-15(12)16(20)18(9-10-19)11-13-5-3-4-6-14(13)21-2/h3-6,12,15,17,19H,7-11H2,1-2H3. The third kappa shape index (κ3) is 3.74. The van der Waals surface area contributed by atoms with E-state index in [9.17, 15) is 9.90 Å². The Morgan fingerprint density at radius 3 is 2.86 bits per heavy atom. The summed E-state index contributed by atoms with van der Waals surface area (Å²) in [5, 5.41) is 12.5. The van der Waals surface area contributed by atoms with Crippen LogP contribution in [0.3, 0.4) is 0 Å². The number of benzene rings is 1. The molecular formula is C16H24N2O3. The number of carbonyl (C=O) groups excluding carboxylic acids is 1. The Balaban J connectivity index is 2.13. The molecule has 2 rings (SSSR count). The summed E-state index contributed by atoms with van der Waals surface area (Å²) in [6.07, 6.45) is 1.01. The molecule has 1 aromatic rings. The molecule has 2 atom stereocenters. The van der Waals surface area contributed by atoms with Crippen molar-refractivity contribution >= 4 is 5.91 Å². The van der Waals surface area contributed by atoms with Gasteiger partial charge in [-0.25, -0.2) is 0 Å². The molecular weight excluding hydrogens is 268 g/mol. The molecule has 0 aliphatic carbocycles. The van der Waals surface area contributed by atoms with Crippen molar-refractivity contribution in [2.75, 3.05) is 26.8 Å². The summed E-state index contributed by atoms with van der Waals surface area (Å²) in [6, 6.07) is 7.51. The number of aliphatic hydroxyl groups excluding tert-OH is 1. The zero-order valence-electron chi connectivity index (χ0n) is 12.7. The van der Waals surface area contributed by atoms with Gasteiger partial charge in [0.2, 0.25) is 5.91 Å². The number of ether oxygens (including phenoxy) is 1. The minimum atomic E-state index is -0.147. The van der Waals surface area contributed by atoms with Crippen LogP contribution in [0, 0.1) is 5.92 Å². The second-order valence-corrected chi connectivity index (χ2v) is 5.49. The molecule has 0 radical (unpaired) electrons. The first-order valence-electron chi connectivity index (χ1n) is 7.42. The first kappa shape index (κ1) is 15.8. The summed E-state index contributed by atoms with van der Waals surface area (Å²) >= 11 is 0. The Morgan fingerprint density at radius 2 is 2.24 bits per heavy atom. The highest BCUT2D eigenvalue weighted by Gasteiger charge is 2.32. The van der Waals surface area contributed by atoms with Gasteiger partial charge in [0.05, 0.1) is 19.8 Å². The van der Waals surface area contributed by atoms with Gasteiger partial charge >= 0.3 is 0 Å². The molecule has 0 spiro atoms. The quantitative estimate of drug-likeness (QED) is 0.821. The molecule has 5 heteroatoms. The SMILES string of the molecule is COc1ccccc1CN(CCO)C(=O)C1NCCC1C. The van der Waals surface area contributed by atoms with Gasteiger partial charge in [0, 0.05) is 18.7 Å². The van der Waals surface area contributed by atoms with Crippen LogP contribution in [-0.4, -0.2) is 48.8 Å². The number of nitrogens with zero attached hydrogens (tertiary/aromatic N) is 1. The number of amides is 1. The summed E-state index contributed by atoms with van der Waals surface area (Å²) in [6.45, 7) is 3.71. The Bertz CT molecular complexity index is 478. The molecule has 1 aromatic carbocycles. The van der Waals surface area contributed by atoms with E-state index in [0.29, 0.717) is 19.0 Å². The number of rotatable bonds is 6. The highest BCUT2D eigenvalue weighted by molar-refractivity contribution is 5.82. The molecule has 1 heterocycles. The van der Waals surface area contributed by atoms with E-state index in [1.165, 1.54) is 0 Å². The molecule has 1 amide bonds. The summed E-state index contributed by atoms with van der Waals surface area (Å²) in [5.74, 6) is 1.15. The third-order valence-corrected chi connectivity index (χ3v) is 4.03. The van der Waals surface area contributed by atoms with Crippen molar-refractivity contribution < 1.29 is 14.6 Å². The van der Waals surface area contributed by atoms with E-state index in [1.54, 1.807) is 12.0 Å². The van der Waals surface area contributed by atoms with Crippen molar-refractivity contribution in [2.45, 2.75) is 25.9 Å². The predicted molar refractivity (Wildman–Crippen MR) is 81.1 cm³/mol. The summed E-state index contributed by atoms with van der Waals surface area (Å²) < 4.78 is 5.33. The number of nitrogens with one attached hydrogen (secondary N) is 1. The molecule has 1 fully saturated rings. The molecule has 2 unspecified atom stereocenters. The van der Waals surface area contributed by atoms with Crippen LogP contribution < -0.4 is 10.1 Å². The molecule has 2 N–H and O–H groups in total. The summed E-state index contributed by atoms with van der Waals surface area (Å²) in [5.41, 5.74) is 0.951. The van der Waals surface area contributed by atoms with E-state index < -0.39 is 0 Å². The van der Waals surface area contributed by atoms with Crippen LogP contribution in [-0.2, 0) is 11.3 Å². The van der Waals surface area contributed by atoms with Crippen LogP contribution >= 0.6 is 0 Å². The Hall–Kier alpha value is -1.59. The van der Waals surface area contributed by atoms with Crippen LogP contribution in [0.15, 0.2) is 24.3 Å². The molecule has 1 aliphatic heterocycles. The predicted octanol–water partition coefficient (Wildman–Crippen LogP) is 1.01. The fraction of sp³-hybridized carbons (Fsp3) is 0.562. The molecule has 1 saturated heterocycles. The van der Waals surface area contributed by atoms with Gasteiger partial charge in [-0.15, -0.1) is 0 Å². The Kier molecular flexibility index (Phi) is 5.59. The van der Waals surface area contributed by atoms with Crippen LogP contribution in [0.1, 0.15) is 18.9 Å². The lowest BCUT2D eigenvalue weighted by atomic mass is 10.0. The van der Waals surface area contributed by atoms with E-state index in [-0.39, 0.29) is 18.6 Å². The lowest BCUT2D eigenvalue weighted by Gasteiger charge is -2.27. The maximum Gasteiger partial charge on any atom is 0.240 e. The highest BCUT2D eigenvalue weighted by atomic mass is 16.5. The van der Waals surface area contributed by atoms with Gasteiger partial charge in [-0.3, -0.25) is 4.79 Å². The zero-order chi connectivity index (χ0) is 15.2. The third-order valence-electron chi connectivity index (χ3n) is 4.03. The van der Waals surface area contributed by atoms with Gasteiger partial charge in [0.25, 0.3) is 0 Å². The maximum atomic E-state index is 12.7. The van der Waals surface area contributed by atoms with E-state index in [1.807, 2.05) is 24.3 Å². The number of para-hydroxylation sites is 1. The lowest BCUT2D eigenvalue weighted by Crippen LogP contribution is -2.46. The van der Waals surface area contributed by atoms with E-state index >= 15 is 0 Å². The van der Waals surface area contributed by atoms with E-state index in [4.69, 9.17) is 4.74 Å². The number of aliphatic hydroxyl groups is 1. The average molecular weight is 292 g/mol. The first-order chi connectivity index (χ1) is 10.2. The normalized spacial score (nSPS) is 21.3. The molecule has 0 bridgehead atoms. The van der Waals surface area contributed by atoms with Gasteiger partial charge in [-0.05, 0) is 24.9 Å². The van der Waals surface area contributed by atoms with Crippen LogP contribution in [0.4, 0.5) is 0 Å². The molecule has 0 saturated carbocycles. The number of methoxy groups -OCH3 is 1. The van der Waals surface area contributed by atoms with E-state index in [2.05, 4.69) is 12.2 Å². The van der Waals surface area contributed by atoms with Crippen LogP contribution in [0.5, 0.6) is 5.75 Å². The van der Waals surface area contributed by atoms with E-state index in [0.717, 1.165) is 24.3 Å². The van der Waals surface area contributed by atoms with Crippen molar-refractivity contribution in [1.82, 2.24) is 10.2 Å². The average Bonchev–Trinajstić information content (AvgIpc) is 2.92. The van der Waals surface area contributed by atoms with Gasteiger partial charge in [-0.2, -0.15) is 0 Å². The number of hydrogen-bond donors (Lipinski definition) is 2. The molecule has 0 aromatic heterocycles. The van der Waals surface area contributed by atoms with Crippen molar-refractivity contribution in [3.05, 3.63) is 29.8 Å². The van der Waals surface area contributed by atoms with Crippen molar-refractivity contribution in [2.24, 2.45) is 5.92 Å². The smallest absolute Gasteiger partial charge is 0.240 e. The molecule has 1 aliphatic rings. The van der Waals surface area contributed by atoms with Gasteiger partial charge < -0.3 is 20.1 Å². The fourth-order valence-electron chi connectivity index (χ4n) is 2.79. The zero-order valence-corrected chi connectivity index (χ0v) is 12.7. The second kappa shape index (κ2) is 7.43. The molecule has 5 nitrogen and oxygen atoms in total.